The molecular formula is C20H24O4. The number of Topliss-reactive ketones (excluding diaryl/α,β-unsaturated/α-hetero) is 1. The monoisotopic (exact) mass is 328 g/mol. The van der Waals surface area contributed by atoms with Gasteiger partial charge in [-0.05, 0) is 30.4 Å². The van der Waals surface area contributed by atoms with Crippen molar-refractivity contribution in [3.8, 4) is 0 Å². The Bertz CT molecular complexity index is 628. The zero-order valence-corrected chi connectivity index (χ0v) is 13.8. The minimum Gasteiger partial charge on any atom is -0.481 e. The van der Waals surface area contributed by atoms with Gasteiger partial charge in [-0.1, -0.05) is 55.3 Å². The van der Waals surface area contributed by atoms with Crippen LogP contribution in [-0.4, -0.2) is 28.1 Å². The maximum Gasteiger partial charge on any atom is 0.303 e. The Morgan fingerprint density at radius 2 is 1.79 bits per heavy atom. The first kappa shape index (κ1) is 18.1. The highest BCUT2D eigenvalue weighted by Crippen LogP contribution is 2.29. The van der Waals surface area contributed by atoms with Gasteiger partial charge in [-0.3, -0.25) is 9.59 Å². The number of ketones is 1. The molecule has 1 aliphatic carbocycles. The van der Waals surface area contributed by atoms with Crippen molar-refractivity contribution in [3.05, 3.63) is 53.1 Å². The summed E-state index contributed by atoms with van der Waals surface area (Å²) in [5.74, 6) is -0.735. The standard InChI is InChI=1S/C20H24O4/c21-18-14-19(22)17(13-12-15-8-4-3-5-9-15)16(18)10-6-1-2-7-11-20(23)24/h3-5,8-9,12-13,19,22H,1-2,6-7,10-11,14H2,(H,23,24)/t19-/m1/s1. The molecule has 1 aromatic rings. The SMILES string of the molecule is O=C(O)CCCCCCC1=C(C=Cc2ccccc2)[C@H](O)CC1=O. The fourth-order valence-electron chi connectivity index (χ4n) is 2.95. The molecule has 0 saturated carbocycles. The highest BCUT2D eigenvalue weighted by atomic mass is 16.4. The molecule has 1 aliphatic rings. The van der Waals surface area contributed by atoms with Crippen LogP contribution in [-0.2, 0) is 9.59 Å². The molecule has 0 spiro atoms. The normalized spacial score (nSPS) is 17.9. The fraction of sp³-hybridized carbons (Fsp3) is 0.400. The fourth-order valence-corrected chi connectivity index (χ4v) is 2.95. The molecule has 0 radical (unpaired) electrons. The van der Waals surface area contributed by atoms with Gasteiger partial charge in [-0.25, -0.2) is 0 Å². The van der Waals surface area contributed by atoms with E-state index in [1.54, 1.807) is 0 Å². The number of allylic oxidation sites excluding steroid dienone is 1. The third-order valence-electron chi connectivity index (χ3n) is 4.25. The van der Waals surface area contributed by atoms with Gasteiger partial charge in [0.2, 0.25) is 0 Å². The van der Waals surface area contributed by atoms with E-state index in [1.807, 2.05) is 42.5 Å². The van der Waals surface area contributed by atoms with Crippen LogP contribution in [0.25, 0.3) is 6.08 Å². The van der Waals surface area contributed by atoms with E-state index >= 15 is 0 Å². The second-order valence-corrected chi connectivity index (χ2v) is 6.13. The maximum atomic E-state index is 12.1. The Labute approximate surface area is 142 Å². The molecule has 24 heavy (non-hydrogen) atoms. The summed E-state index contributed by atoms with van der Waals surface area (Å²) in [7, 11) is 0. The largest absolute Gasteiger partial charge is 0.481 e. The maximum absolute atomic E-state index is 12.1. The Morgan fingerprint density at radius 1 is 1.08 bits per heavy atom. The second kappa shape index (κ2) is 9.18. The first-order valence-corrected chi connectivity index (χ1v) is 8.47. The average Bonchev–Trinajstić information content (AvgIpc) is 2.83. The molecule has 0 saturated heterocycles. The van der Waals surface area contributed by atoms with Gasteiger partial charge in [0.15, 0.2) is 5.78 Å². The van der Waals surface area contributed by atoms with Crippen LogP contribution in [0.2, 0.25) is 0 Å². The average molecular weight is 328 g/mol. The first-order valence-electron chi connectivity index (χ1n) is 8.47. The number of aliphatic hydroxyl groups is 1. The number of carboxylic acids is 1. The molecule has 0 heterocycles. The predicted molar refractivity (Wildman–Crippen MR) is 93.5 cm³/mol. The number of carboxylic acid groups (broad SMARTS) is 1. The molecule has 0 amide bonds. The number of hydrogen-bond acceptors (Lipinski definition) is 3. The van der Waals surface area contributed by atoms with Crippen LogP contribution < -0.4 is 0 Å². The summed E-state index contributed by atoms with van der Waals surface area (Å²) in [6.07, 6.45) is 7.35. The summed E-state index contributed by atoms with van der Waals surface area (Å²) in [5, 5.41) is 18.7. The number of hydrogen-bond donors (Lipinski definition) is 2. The van der Waals surface area contributed by atoms with Crippen molar-refractivity contribution in [3.63, 3.8) is 0 Å². The van der Waals surface area contributed by atoms with Gasteiger partial charge in [-0.15, -0.1) is 0 Å². The van der Waals surface area contributed by atoms with Gasteiger partial charge >= 0.3 is 5.97 Å². The molecule has 2 N–H and O–H groups in total. The molecule has 0 aliphatic heterocycles. The van der Waals surface area contributed by atoms with Crippen LogP contribution in [0.4, 0.5) is 0 Å². The molecule has 4 heteroatoms. The van der Waals surface area contributed by atoms with Gasteiger partial charge < -0.3 is 10.2 Å². The number of rotatable bonds is 9. The summed E-state index contributed by atoms with van der Waals surface area (Å²) in [5.41, 5.74) is 2.49. The number of unbranched alkanes of at least 4 members (excludes halogenated alkanes) is 3. The zero-order chi connectivity index (χ0) is 17.4. The molecule has 0 bridgehead atoms. The van der Waals surface area contributed by atoms with Crippen molar-refractivity contribution in [1.29, 1.82) is 0 Å². The molecule has 0 fully saturated rings. The van der Waals surface area contributed by atoms with Crippen molar-refractivity contribution in [2.45, 2.75) is 51.0 Å². The molecule has 4 nitrogen and oxygen atoms in total. The first-order chi connectivity index (χ1) is 11.6. The molecule has 1 aromatic carbocycles. The van der Waals surface area contributed by atoms with Crippen LogP contribution in [0.3, 0.4) is 0 Å². The van der Waals surface area contributed by atoms with Gasteiger partial charge in [0.1, 0.15) is 0 Å². The minimum atomic E-state index is -0.764. The predicted octanol–water partition coefficient (Wildman–Crippen LogP) is 3.76. The van der Waals surface area contributed by atoms with E-state index in [-0.39, 0.29) is 18.6 Å². The number of benzene rings is 1. The van der Waals surface area contributed by atoms with Gasteiger partial charge in [0, 0.05) is 18.4 Å². The highest BCUT2D eigenvalue weighted by Gasteiger charge is 2.28. The van der Waals surface area contributed by atoms with Crippen molar-refractivity contribution in [2.75, 3.05) is 0 Å². The number of carbonyl (C=O) groups is 2. The minimum absolute atomic E-state index is 0.0285. The van der Waals surface area contributed by atoms with Gasteiger partial charge in [0.25, 0.3) is 0 Å². The number of aliphatic hydroxyl groups excluding tert-OH is 1. The topological polar surface area (TPSA) is 74.6 Å². The Balaban J connectivity index is 1.93. The van der Waals surface area contributed by atoms with E-state index in [4.69, 9.17) is 5.11 Å². The van der Waals surface area contributed by atoms with E-state index < -0.39 is 12.1 Å². The quantitative estimate of drug-likeness (QED) is 0.677. The molecule has 0 aromatic heterocycles. The molecule has 2 rings (SSSR count). The molecule has 0 unspecified atom stereocenters. The zero-order valence-electron chi connectivity index (χ0n) is 13.8. The summed E-state index contributed by atoms with van der Waals surface area (Å²) < 4.78 is 0. The van der Waals surface area contributed by atoms with Crippen molar-refractivity contribution < 1.29 is 19.8 Å². The Hall–Kier alpha value is -2.20. The van der Waals surface area contributed by atoms with Crippen LogP contribution in [0, 0.1) is 0 Å². The van der Waals surface area contributed by atoms with Crippen LogP contribution in [0.15, 0.2) is 47.6 Å². The van der Waals surface area contributed by atoms with Crippen molar-refractivity contribution in [1.82, 2.24) is 0 Å². The lowest BCUT2D eigenvalue weighted by atomic mass is 10.0. The van der Waals surface area contributed by atoms with E-state index in [2.05, 4.69) is 0 Å². The van der Waals surface area contributed by atoms with Crippen LogP contribution >= 0.6 is 0 Å². The lowest BCUT2D eigenvalue weighted by Crippen LogP contribution is -2.04. The lowest BCUT2D eigenvalue weighted by molar-refractivity contribution is -0.137. The smallest absolute Gasteiger partial charge is 0.303 e. The molecule has 128 valence electrons. The number of aliphatic carboxylic acids is 1. The summed E-state index contributed by atoms with van der Waals surface area (Å²) in [6.45, 7) is 0. The Morgan fingerprint density at radius 3 is 2.50 bits per heavy atom. The second-order valence-electron chi connectivity index (χ2n) is 6.13. The van der Waals surface area contributed by atoms with Crippen LogP contribution in [0.5, 0.6) is 0 Å². The lowest BCUT2D eigenvalue weighted by Gasteiger charge is -2.05. The highest BCUT2D eigenvalue weighted by molar-refractivity contribution is 6.00. The Kier molecular flexibility index (Phi) is 6.94. The third kappa shape index (κ3) is 5.46. The summed E-state index contributed by atoms with van der Waals surface area (Å²) >= 11 is 0. The van der Waals surface area contributed by atoms with Gasteiger partial charge in [-0.2, -0.15) is 0 Å². The third-order valence-corrected chi connectivity index (χ3v) is 4.25. The van der Waals surface area contributed by atoms with Crippen molar-refractivity contribution in [2.24, 2.45) is 0 Å². The van der Waals surface area contributed by atoms with E-state index in [1.165, 1.54) is 0 Å². The van der Waals surface area contributed by atoms with E-state index in [0.717, 1.165) is 36.0 Å². The summed E-state index contributed by atoms with van der Waals surface area (Å²) in [4.78, 5) is 22.6. The number of carbonyl (C=O) groups excluding carboxylic acids is 1. The van der Waals surface area contributed by atoms with E-state index in [9.17, 15) is 14.7 Å². The van der Waals surface area contributed by atoms with Crippen molar-refractivity contribution >= 4 is 17.8 Å². The summed E-state index contributed by atoms with van der Waals surface area (Å²) in [6, 6.07) is 9.79. The molecular weight excluding hydrogens is 304 g/mol. The van der Waals surface area contributed by atoms with Gasteiger partial charge in [0.05, 0.1) is 6.10 Å². The van der Waals surface area contributed by atoms with Crippen LogP contribution in [0.1, 0.15) is 50.5 Å². The van der Waals surface area contributed by atoms with E-state index in [0.29, 0.717) is 12.8 Å². The molecule has 1 atom stereocenters.